The van der Waals surface area contributed by atoms with Crippen molar-refractivity contribution < 1.29 is 5.11 Å². The number of hydrogen-bond donors (Lipinski definition) is 1. The number of allylic oxidation sites excluding steroid dienone is 1. The van der Waals surface area contributed by atoms with Gasteiger partial charge in [-0.3, -0.25) is 0 Å². The first-order valence-electron chi connectivity index (χ1n) is 5.37. The van der Waals surface area contributed by atoms with Crippen LogP contribution in [0, 0.1) is 11.8 Å². The van der Waals surface area contributed by atoms with Crippen LogP contribution in [0.5, 0.6) is 5.75 Å². The molecule has 0 aromatic heterocycles. The van der Waals surface area contributed by atoms with Gasteiger partial charge >= 0.3 is 0 Å². The molecular formula is C16H12O. The van der Waals surface area contributed by atoms with Crippen molar-refractivity contribution in [2.75, 3.05) is 0 Å². The van der Waals surface area contributed by atoms with Crippen molar-refractivity contribution in [1.82, 2.24) is 0 Å². The molecule has 1 N–H and O–H groups in total. The summed E-state index contributed by atoms with van der Waals surface area (Å²) in [5.74, 6) is 6.21. The Labute approximate surface area is 101 Å². The first-order valence-corrected chi connectivity index (χ1v) is 5.37. The van der Waals surface area contributed by atoms with Crippen molar-refractivity contribution in [2.45, 2.75) is 0 Å². The Morgan fingerprint density at radius 2 is 1.59 bits per heavy atom. The standard InChI is InChI=1S/C16H12O/c17-16-12-10-15(11-13-16)9-5-4-8-14-6-2-1-3-7-14/h1-4,6-8,10-13,17H/b8-4+. The van der Waals surface area contributed by atoms with Gasteiger partial charge in [-0.15, -0.1) is 0 Å². The lowest BCUT2D eigenvalue weighted by atomic mass is 10.2. The molecule has 0 aliphatic rings. The lowest BCUT2D eigenvalue weighted by Gasteiger charge is -1.90. The molecule has 0 spiro atoms. The lowest BCUT2D eigenvalue weighted by Crippen LogP contribution is -1.71. The molecule has 0 fully saturated rings. The lowest BCUT2D eigenvalue weighted by molar-refractivity contribution is 0.475. The van der Waals surface area contributed by atoms with Crippen LogP contribution in [0.2, 0.25) is 0 Å². The Kier molecular flexibility index (Phi) is 3.62. The van der Waals surface area contributed by atoms with Crippen molar-refractivity contribution in [1.29, 1.82) is 0 Å². The number of benzene rings is 2. The maximum absolute atomic E-state index is 9.11. The summed E-state index contributed by atoms with van der Waals surface area (Å²) in [5, 5.41) is 9.11. The Bertz CT molecular complexity index is 554. The van der Waals surface area contributed by atoms with Crippen LogP contribution >= 0.6 is 0 Å². The third-order valence-electron chi connectivity index (χ3n) is 2.24. The van der Waals surface area contributed by atoms with E-state index in [0.717, 1.165) is 11.1 Å². The van der Waals surface area contributed by atoms with Gasteiger partial charge in [0.05, 0.1) is 0 Å². The number of phenolic OH excluding ortho intramolecular Hbond substituents is 1. The summed E-state index contributed by atoms with van der Waals surface area (Å²) in [4.78, 5) is 0. The zero-order valence-corrected chi connectivity index (χ0v) is 9.30. The largest absolute Gasteiger partial charge is 0.508 e. The van der Waals surface area contributed by atoms with Crippen LogP contribution in [-0.4, -0.2) is 5.11 Å². The molecule has 1 nitrogen and oxygen atoms in total. The molecule has 0 amide bonds. The van der Waals surface area contributed by atoms with Crippen LogP contribution < -0.4 is 0 Å². The minimum absolute atomic E-state index is 0.260. The average Bonchev–Trinajstić information content (AvgIpc) is 2.38. The number of rotatable bonds is 1. The number of aromatic hydroxyl groups is 1. The van der Waals surface area contributed by atoms with E-state index in [1.165, 1.54) is 0 Å². The second kappa shape index (κ2) is 5.58. The summed E-state index contributed by atoms with van der Waals surface area (Å²) in [6, 6.07) is 16.9. The van der Waals surface area contributed by atoms with E-state index in [0.29, 0.717) is 0 Å². The van der Waals surface area contributed by atoms with Crippen molar-refractivity contribution in [3.63, 3.8) is 0 Å². The Balaban J connectivity index is 2.04. The summed E-state index contributed by atoms with van der Waals surface area (Å²) in [5.41, 5.74) is 2.02. The molecule has 0 unspecified atom stereocenters. The van der Waals surface area contributed by atoms with Gasteiger partial charge in [-0.1, -0.05) is 42.2 Å². The van der Waals surface area contributed by atoms with Crippen molar-refractivity contribution in [3.8, 4) is 17.6 Å². The third-order valence-corrected chi connectivity index (χ3v) is 2.24. The smallest absolute Gasteiger partial charge is 0.115 e. The van der Waals surface area contributed by atoms with Crippen LogP contribution in [0.3, 0.4) is 0 Å². The fourth-order valence-corrected chi connectivity index (χ4v) is 1.37. The molecule has 0 radical (unpaired) electrons. The molecule has 2 aromatic carbocycles. The topological polar surface area (TPSA) is 20.2 Å². The van der Waals surface area contributed by atoms with Crippen LogP contribution in [0.25, 0.3) is 6.08 Å². The fraction of sp³-hybridized carbons (Fsp3) is 0. The molecule has 0 aliphatic carbocycles. The quantitative estimate of drug-likeness (QED) is 0.730. The number of hydrogen-bond acceptors (Lipinski definition) is 1. The predicted molar refractivity (Wildman–Crippen MR) is 70.5 cm³/mol. The normalized spacial score (nSPS) is 9.88. The highest BCUT2D eigenvalue weighted by molar-refractivity contribution is 5.53. The predicted octanol–water partition coefficient (Wildman–Crippen LogP) is 3.46. The second-order valence-corrected chi connectivity index (χ2v) is 3.56. The van der Waals surface area contributed by atoms with Gasteiger partial charge in [0.1, 0.15) is 5.75 Å². The first-order chi connectivity index (χ1) is 8.34. The molecule has 0 saturated heterocycles. The van der Waals surface area contributed by atoms with E-state index in [2.05, 4.69) is 11.8 Å². The van der Waals surface area contributed by atoms with Crippen LogP contribution in [0.1, 0.15) is 11.1 Å². The molecule has 0 atom stereocenters. The Morgan fingerprint density at radius 3 is 2.29 bits per heavy atom. The molecule has 0 saturated carbocycles. The molecule has 2 aromatic rings. The van der Waals surface area contributed by atoms with Gasteiger partial charge in [-0.05, 0) is 42.0 Å². The highest BCUT2D eigenvalue weighted by Crippen LogP contribution is 2.08. The highest BCUT2D eigenvalue weighted by Gasteiger charge is 1.86. The molecule has 0 bridgehead atoms. The summed E-state index contributed by atoms with van der Waals surface area (Å²) in [7, 11) is 0. The van der Waals surface area contributed by atoms with Crippen molar-refractivity contribution in [3.05, 3.63) is 71.8 Å². The van der Waals surface area contributed by atoms with Crippen molar-refractivity contribution in [2.24, 2.45) is 0 Å². The fourth-order valence-electron chi connectivity index (χ4n) is 1.37. The minimum atomic E-state index is 0.260. The van der Waals surface area contributed by atoms with Gasteiger partial charge in [0.15, 0.2) is 0 Å². The van der Waals surface area contributed by atoms with Gasteiger partial charge < -0.3 is 5.11 Å². The zero-order chi connectivity index (χ0) is 11.9. The van der Waals surface area contributed by atoms with E-state index in [1.807, 2.05) is 42.5 Å². The van der Waals surface area contributed by atoms with E-state index in [1.54, 1.807) is 24.3 Å². The molecule has 0 aliphatic heterocycles. The van der Waals surface area contributed by atoms with Crippen molar-refractivity contribution >= 4 is 6.08 Å². The van der Waals surface area contributed by atoms with Crippen LogP contribution in [0.15, 0.2) is 60.7 Å². The third kappa shape index (κ3) is 3.55. The maximum atomic E-state index is 9.11. The first kappa shape index (κ1) is 11.0. The average molecular weight is 220 g/mol. The summed E-state index contributed by atoms with van der Waals surface area (Å²) in [6.07, 6.45) is 3.79. The SMILES string of the molecule is Oc1ccc(C#C/C=C/c2ccccc2)cc1. The van der Waals surface area contributed by atoms with E-state index in [-0.39, 0.29) is 5.75 Å². The van der Waals surface area contributed by atoms with Crippen LogP contribution in [0.4, 0.5) is 0 Å². The summed E-state index contributed by atoms with van der Waals surface area (Å²) >= 11 is 0. The number of phenols is 1. The van der Waals surface area contributed by atoms with Crippen LogP contribution in [-0.2, 0) is 0 Å². The monoisotopic (exact) mass is 220 g/mol. The molecule has 17 heavy (non-hydrogen) atoms. The van der Waals surface area contributed by atoms with Gasteiger partial charge in [0.2, 0.25) is 0 Å². The summed E-state index contributed by atoms with van der Waals surface area (Å²) < 4.78 is 0. The van der Waals surface area contributed by atoms with Gasteiger partial charge in [0.25, 0.3) is 0 Å². The second-order valence-electron chi connectivity index (χ2n) is 3.56. The molecule has 2 rings (SSSR count). The molecule has 82 valence electrons. The van der Waals surface area contributed by atoms with E-state index in [4.69, 9.17) is 5.11 Å². The molecule has 1 heteroatoms. The Morgan fingerprint density at radius 1 is 0.882 bits per heavy atom. The molecular weight excluding hydrogens is 208 g/mol. The highest BCUT2D eigenvalue weighted by atomic mass is 16.3. The van der Waals surface area contributed by atoms with Gasteiger partial charge in [0, 0.05) is 5.56 Å². The van der Waals surface area contributed by atoms with E-state index in [9.17, 15) is 0 Å². The maximum Gasteiger partial charge on any atom is 0.115 e. The molecule has 0 heterocycles. The summed E-state index contributed by atoms with van der Waals surface area (Å²) in [6.45, 7) is 0. The minimum Gasteiger partial charge on any atom is -0.508 e. The van der Waals surface area contributed by atoms with Gasteiger partial charge in [-0.25, -0.2) is 0 Å². The zero-order valence-electron chi connectivity index (χ0n) is 9.30. The van der Waals surface area contributed by atoms with Gasteiger partial charge in [-0.2, -0.15) is 0 Å². The Hall–Kier alpha value is -2.46. The van der Waals surface area contributed by atoms with E-state index < -0.39 is 0 Å². The van der Waals surface area contributed by atoms with E-state index >= 15 is 0 Å².